The third-order valence-corrected chi connectivity index (χ3v) is 4.99. The topological polar surface area (TPSA) is 47.6 Å². The molecule has 2 aliphatic rings. The number of carbonyl (C=O) groups is 1. The zero-order valence-electron chi connectivity index (χ0n) is 13.5. The summed E-state index contributed by atoms with van der Waals surface area (Å²) < 4.78 is 49.5. The third kappa shape index (κ3) is 3.02. The first-order chi connectivity index (χ1) is 11.3. The van der Waals surface area contributed by atoms with E-state index in [2.05, 4.69) is 5.32 Å². The van der Waals surface area contributed by atoms with Crippen molar-refractivity contribution in [3.05, 3.63) is 34.9 Å². The summed E-state index contributed by atoms with van der Waals surface area (Å²) in [6.45, 7) is 2.72. The summed E-state index contributed by atoms with van der Waals surface area (Å²) in [7, 11) is 1.58. The van der Waals surface area contributed by atoms with Gasteiger partial charge in [0.2, 0.25) is 0 Å². The maximum absolute atomic E-state index is 12.9. The van der Waals surface area contributed by atoms with Gasteiger partial charge in [0, 0.05) is 37.2 Å². The summed E-state index contributed by atoms with van der Waals surface area (Å²) in [4.78, 5) is 12.5. The second-order valence-electron chi connectivity index (χ2n) is 6.43. The first kappa shape index (κ1) is 17.2. The van der Waals surface area contributed by atoms with Crippen LogP contribution in [0.15, 0.2) is 18.2 Å². The van der Waals surface area contributed by atoms with Crippen LogP contribution >= 0.6 is 0 Å². The number of nitrogens with one attached hydrogen (secondary N) is 1. The molecule has 1 amide bonds. The molecule has 0 unspecified atom stereocenters. The molecule has 1 aliphatic carbocycles. The van der Waals surface area contributed by atoms with Crippen LogP contribution in [0.5, 0.6) is 0 Å². The van der Waals surface area contributed by atoms with E-state index in [0.717, 1.165) is 18.6 Å². The lowest BCUT2D eigenvalue weighted by atomic mass is 9.67. The largest absolute Gasteiger partial charge is 0.416 e. The second-order valence-corrected chi connectivity index (χ2v) is 6.43. The van der Waals surface area contributed by atoms with Crippen LogP contribution in [0, 0.1) is 18.8 Å². The summed E-state index contributed by atoms with van der Waals surface area (Å²) in [5, 5.41) is 2.89. The first-order valence-corrected chi connectivity index (χ1v) is 7.92. The van der Waals surface area contributed by atoms with Gasteiger partial charge in [0.1, 0.15) is 0 Å². The van der Waals surface area contributed by atoms with Crippen molar-refractivity contribution < 1.29 is 27.4 Å². The molecule has 24 heavy (non-hydrogen) atoms. The molecule has 4 nitrogen and oxygen atoms in total. The Kier molecular flexibility index (Phi) is 4.57. The van der Waals surface area contributed by atoms with Crippen molar-refractivity contribution in [3.63, 3.8) is 0 Å². The number of methoxy groups -OCH3 is 1. The number of alkyl halides is 3. The minimum absolute atomic E-state index is 0.0394. The highest BCUT2D eigenvalue weighted by Crippen LogP contribution is 2.44. The van der Waals surface area contributed by atoms with Crippen molar-refractivity contribution in [2.75, 3.05) is 20.3 Å². The molecule has 1 aromatic carbocycles. The zero-order valence-corrected chi connectivity index (χ0v) is 13.5. The Bertz CT molecular complexity index is 632. The fourth-order valence-electron chi connectivity index (χ4n) is 3.71. The average molecular weight is 343 g/mol. The van der Waals surface area contributed by atoms with E-state index >= 15 is 0 Å². The third-order valence-electron chi connectivity index (χ3n) is 4.99. The van der Waals surface area contributed by atoms with Crippen LogP contribution in [-0.2, 0) is 15.7 Å². The number of carbonyl (C=O) groups excluding carboxylic acids is 1. The molecule has 2 fully saturated rings. The quantitative estimate of drug-likeness (QED) is 0.915. The molecule has 0 spiro atoms. The summed E-state index contributed by atoms with van der Waals surface area (Å²) >= 11 is 0. The molecule has 132 valence electrons. The number of fused-ring (bicyclic) bond motifs is 1. The monoisotopic (exact) mass is 343 g/mol. The maximum atomic E-state index is 12.9. The highest BCUT2D eigenvalue weighted by molar-refractivity contribution is 5.96. The molecule has 0 radical (unpaired) electrons. The molecule has 1 aromatic rings. The van der Waals surface area contributed by atoms with Crippen LogP contribution < -0.4 is 5.32 Å². The lowest BCUT2D eigenvalue weighted by Gasteiger charge is -2.47. The van der Waals surface area contributed by atoms with Crippen molar-refractivity contribution in [1.82, 2.24) is 5.32 Å². The highest BCUT2D eigenvalue weighted by atomic mass is 19.4. The van der Waals surface area contributed by atoms with E-state index in [-0.39, 0.29) is 29.5 Å². The van der Waals surface area contributed by atoms with Crippen LogP contribution in [-0.4, -0.2) is 38.4 Å². The molecule has 1 saturated heterocycles. The highest BCUT2D eigenvalue weighted by Gasteiger charge is 2.54. The van der Waals surface area contributed by atoms with E-state index in [1.807, 2.05) is 0 Å². The smallest absolute Gasteiger partial charge is 0.384 e. The fraction of sp³-hybridized carbons (Fsp3) is 0.588. The number of amides is 1. The van der Waals surface area contributed by atoms with Gasteiger partial charge in [-0.15, -0.1) is 0 Å². The van der Waals surface area contributed by atoms with E-state index in [1.54, 1.807) is 14.0 Å². The Morgan fingerprint density at radius 1 is 1.42 bits per heavy atom. The number of benzene rings is 1. The molecule has 1 aliphatic heterocycles. The van der Waals surface area contributed by atoms with Crippen LogP contribution in [0.25, 0.3) is 0 Å². The van der Waals surface area contributed by atoms with Gasteiger partial charge in [-0.05, 0) is 31.0 Å². The van der Waals surface area contributed by atoms with Crippen molar-refractivity contribution in [2.45, 2.75) is 31.7 Å². The molecule has 0 aromatic heterocycles. The molecular weight excluding hydrogens is 323 g/mol. The van der Waals surface area contributed by atoms with Crippen LogP contribution in [0.4, 0.5) is 13.2 Å². The first-order valence-electron chi connectivity index (χ1n) is 7.92. The van der Waals surface area contributed by atoms with Gasteiger partial charge in [-0.1, -0.05) is 6.07 Å². The van der Waals surface area contributed by atoms with Crippen molar-refractivity contribution in [1.29, 1.82) is 0 Å². The number of ether oxygens (including phenoxy) is 2. The molecule has 4 atom stereocenters. The van der Waals surface area contributed by atoms with Gasteiger partial charge in [0.25, 0.3) is 5.91 Å². The summed E-state index contributed by atoms with van der Waals surface area (Å²) in [5.41, 5.74) is -0.243. The number of hydrogen-bond acceptors (Lipinski definition) is 3. The summed E-state index contributed by atoms with van der Waals surface area (Å²) in [5.74, 6) is -0.229. The van der Waals surface area contributed by atoms with Gasteiger partial charge >= 0.3 is 6.18 Å². The Hall–Kier alpha value is -1.60. The van der Waals surface area contributed by atoms with Gasteiger partial charge in [0.05, 0.1) is 18.3 Å². The number of hydrogen-bond donors (Lipinski definition) is 1. The van der Waals surface area contributed by atoms with Gasteiger partial charge < -0.3 is 14.8 Å². The van der Waals surface area contributed by atoms with E-state index in [4.69, 9.17) is 9.47 Å². The molecule has 1 heterocycles. The van der Waals surface area contributed by atoms with E-state index in [9.17, 15) is 18.0 Å². The minimum atomic E-state index is -4.47. The molecule has 1 N–H and O–H groups in total. The fourth-order valence-corrected chi connectivity index (χ4v) is 3.71. The Morgan fingerprint density at radius 3 is 2.83 bits per heavy atom. The Labute approximate surface area is 138 Å². The van der Waals surface area contributed by atoms with E-state index in [0.29, 0.717) is 18.8 Å². The van der Waals surface area contributed by atoms with Crippen LogP contribution in [0.2, 0.25) is 0 Å². The number of rotatable bonds is 4. The number of aryl methyl sites for hydroxylation is 1. The number of halogens is 3. The average Bonchev–Trinajstić information content (AvgIpc) is 2.94. The predicted octanol–water partition coefficient (Wildman–Crippen LogP) is 2.79. The SMILES string of the molecule is COC[C@@H]1[C@@H](NC(=O)c2cc(C(F)(F)F)ccc2C)[C@@H]2CCO[C@H]12. The minimum Gasteiger partial charge on any atom is -0.384 e. The molecule has 3 rings (SSSR count). The molecular formula is C17H20F3NO3. The zero-order chi connectivity index (χ0) is 17.5. The molecule has 7 heteroatoms. The molecule has 1 saturated carbocycles. The maximum Gasteiger partial charge on any atom is 0.416 e. The van der Waals surface area contributed by atoms with Gasteiger partial charge in [0.15, 0.2) is 0 Å². The van der Waals surface area contributed by atoms with Gasteiger partial charge in [-0.2, -0.15) is 13.2 Å². The van der Waals surface area contributed by atoms with Crippen molar-refractivity contribution >= 4 is 5.91 Å². The van der Waals surface area contributed by atoms with Gasteiger partial charge in [-0.25, -0.2) is 0 Å². The standard InChI is InChI=1S/C17H20F3NO3/c1-9-3-4-10(17(18,19)20)7-12(9)16(22)21-14-11-5-6-24-15(11)13(14)8-23-2/h3-4,7,11,13-15H,5-6,8H2,1-2H3,(H,21,22)/t11-,13+,14-,15-/m0/s1. The summed E-state index contributed by atoms with van der Waals surface area (Å²) in [6, 6.07) is 3.10. The van der Waals surface area contributed by atoms with E-state index < -0.39 is 17.6 Å². The van der Waals surface area contributed by atoms with Crippen molar-refractivity contribution in [3.8, 4) is 0 Å². The lowest BCUT2D eigenvalue weighted by molar-refractivity contribution is -0.137. The normalized spacial score (nSPS) is 29.0. The van der Waals surface area contributed by atoms with Crippen LogP contribution in [0.1, 0.15) is 27.9 Å². The molecule has 0 bridgehead atoms. The lowest BCUT2D eigenvalue weighted by Crippen LogP contribution is -2.62. The predicted molar refractivity (Wildman–Crippen MR) is 80.6 cm³/mol. The van der Waals surface area contributed by atoms with Crippen LogP contribution in [0.3, 0.4) is 0 Å². The van der Waals surface area contributed by atoms with E-state index in [1.165, 1.54) is 6.07 Å². The van der Waals surface area contributed by atoms with Gasteiger partial charge in [-0.3, -0.25) is 4.79 Å². The Morgan fingerprint density at radius 2 is 2.17 bits per heavy atom. The van der Waals surface area contributed by atoms with Crippen molar-refractivity contribution in [2.24, 2.45) is 11.8 Å². The second kappa shape index (κ2) is 6.37. The Balaban J connectivity index is 1.77. The summed E-state index contributed by atoms with van der Waals surface area (Å²) in [6.07, 6.45) is -3.56.